The highest BCUT2D eigenvalue weighted by Gasteiger charge is 2.39. The van der Waals surface area contributed by atoms with E-state index in [9.17, 15) is 9.90 Å². The first-order valence-corrected chi connectivity index (χ1v) is 10.3. The molecular formula is C22H27N7O2. The lowest BCUT2D eigenvalue weighted by atomic mass is 9.86. The Morgan fingerprint density at radius 1 is 1.26 bits per heavy atom. The summed E-state index contributed by atoms with van der Waals surface area (Å²) >= 11 is 0. The van der Waals surface area contributed by atoms with E-state index in [0.29, 0.717) is 24.0 Å². The van der Waals surface area contributed by atoms with E-state index in [2.05, 4.69) is 39.4 Å². The smallest absolute Gasteiger partial charge is 0.235 e. The van der Waals surface area contributed by atoms with Crippen molar-refractivity contribution in [2.45, 2.75) is 52.2 Å². The molecule has 0 saturated heterocycles. The van der Waals surface area contributed by atoms with Crippen molar-refractivity contribution in [1.29, 1.82) is 0 Å². The van der Waals surface area contributed by atoms with Gasteiger partial charge in [-0.15, -0.1) is 0 Å². The summed E-state index contributed by atoms with van der Waals surface area (Å²) in [5.74, 6) is 0.963. The average Bonchev–Trinajstić information content (AvgIpc) is 3.27. The van der Waals surface area contributed by atoms with E-state index in [1.807, 2.05) is 36.9 Å². The van der Waals surface area contributed by atoms with Crippen LogP contribution < -0.4 is 10.6 Å². The fourth-order valence-corrected chi connectivity index (χ4v) is 3.45. The molecule has 9 nitrogen and oxygen atoms in total. The predicted octanol–water partition coefficient (Wildman–Crippen LogP) is 3.01. The molecule has 1 amide bonds. The summed E-state index contributed by atoms with van der Waals surface area (Å²) in [6.45, 7) is 9.94. The van der Waals surface area contributed by atoms with Crippen LogP contribution in [-0.4, -0.2) is 48.4 Å². The van der Waals surface area contributed by atoms with Crippen LogP contribution in [0, 0.1) is 0 Å². The third-order valence-electron chi connectivity index (χ3n) is 5.38. The number of aromatic nitrogens is 5. The Morgan fingerprint density at radius 2 is 2.03 bits per heavy atom. The number of hydrogen-bond acceptors (Lipinski definition) is 7. The number of fused-ring (bicyclic) bond motifs is 1. The Bertz CT molecular complexity index is 1130. The zero-order valence-electron chi connectivity index (χ0n) is 18.3. The highest BCUT2D eigenvalue weighted by molar-refractivity contribution is 6.05. The quantitative estimate of drug-likeness (QED) is 0.560. The fourth-order valence-electron chi connectivity index (χ4n) is 3.45. The Labute approximate surface area is 181 Å². The molecule has 0 aliphatic carbocycles. The summed E-state index contributed by atoms with van der Waals surface area (Å²) in [5.41, 5.74) is 3.29. The molecule has 31 heavy (non-hydrogen) atoms. The van der Waals surface area contributed by atoms with Crippen LogP contribution in [0.25, 0.3) is 22.5 Å². The topological polar surface area (TPSA) is 118 Å². The van der Waals surface area contributed by atoms with Gasteiger partial charge >= 0.3 is 0 Å². The van der Waals surface area contributed by atoms with E-state index < -0.39 is 11.5 Å². The third kappa shape index (κ3) is 3.88. The molecule has 1 aliphatic heterocycles. The highest BCUT2D eigenvalue weighted by atomic mass is 16.3. The molecule has 3 aromatic heterocycles. The summed E-state index contributed by atoms with van der Waals surface area (Å²) in [7, 11) is 0. The van der Waals surface area contributed by atoms with Crippen molar-refractivity contribution in [1.82, 2.24) is 24.7 Å². The van der Waals surface area contributed by atoms with Gasteiger partial charge in [0.05, 0.1) is 17.2 Å². The number of pyridine rings is 1. The Kier molecular flexibility index (Phi) is 5.22. The van der Waals surface area contributed by atoms with E-state index in [1.165, 1.54) is 0 Å². The number of amides is 1. The van der Waals surface area contributed by atoms with E-state index in [1.54, 1.807) is 19.3 Å². The van der Waals surface area contributed by atoms with Gasteiger partial charge < -0.3 is 15.7 Å². The maximum Gasteiger partial charge on any atom is 0.235 e. The summed E-state index contributed by atoms with van der Waals surface area (Å²) < 4.78 is 1.89. The van der Waals surface area contributed by atoms with Gasteiger partial charge in [-0.1, -0.05) is 0 Å². The van der Waals surface area contributed by atoms with E-state index >= 15 is 0 Å². The van der Waals surface area contributed by atoms with Crippen LogP contribution in [0.3, 0.4) is 0 Å². The number of carbonyl (C=O) groups is 1. The molecule has 0 saturated carbocycles. The van der Waals surface area contributed by atoms with Crippen LogP contribution in [0.2, 0.25) is 0 Å². The molecule has 1 aliphatic rings. The lowest BCUT2D eigenvalue weighted by molar-refractivity contribution is -0.119. The normalized spacial score (nSPS) is 15.6. The molecule has 162 valence electrons. The monoisotopic (exact) mass is 421 g/mol. The molecule has 0 aromatic carbocycles. The first kappa shape index (κ1) is 20.9. The van der Waals surface area contributed by atoms with E-state index in [0.717, 1.165) is 22.4 Å². The van der Waals surface area contributed by atoms with Crippen molar-refractivity contribution in [3.8, 4) is 22.5 Å². The number of carbonyl (C=O) groups excluding carboxylic acids is 1. The molecule has 0 spiro atoms. The van der Waals surface area contributed by atoms with Gasteiger partial charge in [-0.05, 0) is 46.8 Å². The van der Waals surface area contributed by atoms with Crippen molar-refractivity contribution >= 4 is 17.7 Å². The second-order valence-electron chi connectivity index (χ2n) is 8.66. The number of anilines is 2. The number of nitrogens with one attached hydrogen (secondary N) is 2. The third-order valence-corrected chi connectivity index (χ3v) is 5.38. The van der Waals surface area contributed by atoms with Crippen LogP contribution in [0.1, 0.15) is 46.2 Å². The number of hydrogen-bond donors (Lipinski definition) is 3. The number of nitrogens with zero attached hydrogens (tertiary/aromatic N) is 5. The second kappa shape index (κ2) is 7.73. The summed E-state index contributed by atoms with van der Waals surface area (Å²) in [4.78, 5) is 25.7. The molecule has 1 atom stereocenters. The first-order valence-electron chi connectivity index (χ1n) is 10.3. The maximum atomic E-state index is 12.3. The van der Waals surface area contributed by atoms with Gasteiger partial charge in [-0.25, -0.2) is 15.0 Å². The van der Waals surface area contributed by atoms with Gasteiger partial charge in [-0.2, -0.15) is 5.10 Å². The Hall–Kier alpha value is -3.33. The SMILES string of the molecule is CC(O)CNc1nccc(-c2cn(C(C)C)nc2-c2cnc3c(c2)C(C)(C)C(=O)N3)n1. The van der Waals surface area contributed by atoms with Gasteiger partial charge in [0.2, 0.25) is 11.9 Å². The highest BCUT2D eigenvalue weighted by Crippen LogP contribution is 2.39. The predicted molar refractivity (Wildman–Crippen MR) is 119 cm³/mol. The summed E-state index contributed by atoms with van der Waals surface area (Å²) in [6, 6.07) is 3.96. The lowest BCUT2D eigenvalue weighted by Crippen LogP contribution is -2.26. The van der Waals surface area contributed by atoms with Gasteiger partial charge in [0.1, 0.15) is 11.5 Å². The minimum absolute atomic E-state index is 0.0651. The van der Waals surface area contributed by atoms with Crippen molar-refractivity contribution < 1.29 is 9.90 Å². The average molecular weight is 422 g/mol. The Balaban J connectivity index is 1.80. The van der Waals surface area contributed by atoms with Crippen molar-refractivity contribution in [3.63, 3.8) is 0 Å². The summed E-state index contributed by atoms with van der Waals surface area (Å²) in [5, 5.41) is 20.2. The van der Waals surface area contributed by atoms with Crippen LogP contribution in [-0.2, 0) is 10.2 Å². The van der Waals surface area contributed by atoms with Gasteiger partial charge in [0, 0.05) is 47.9 Å². The molecular weight excluding hydrogens is 394 g/mol. The van der Waals surface area contributed by atoms with E-state index in [-0.39, 0.29) is 11.9 Å². The lowest BCUT2D eigenvalue weighted by Gasteiger charge is -2.15. The standard InChI is InChI=1S/C22H27N7O2/c1-12(2)29-11-15(17-6-7-23-21(26-17)25-9-13(3)30)18(28-29)14-8-16-19(24-10-14)27-20(31)22(16,4)5/h6-8,10-13,30H,9H2,1-5H3,(H,23,25,26)(H,24,27,31). The number of aliphatic hydroxyl groups is 1. The minimum atomic E-state index is -0.661. The van der Waals surface area contributed by atoms with Crippen molar-refractivity contribution in [2.24, 2.45) is 0 Å². The zero-order valence-corrected chi connectivity index (χ0v) is 18.3. The van der Waals surface area contributed by atoms with Crippen molar-refractivity contribution in [2.75, 3.05) is 17.2 Å². The maximum absolute atomic E-state index is 12.3. The van der Waals surface area contributed by atoms with Gasteiger partial charge in [0.15, 0.2) is 0 Å². The number of aliphatic hydroxyl groups excluding tert-OH is 1. The van der Waals surface area contributed by atoms with Crippen molar-refractivity contribution in [3.05, 3.63) is 36.3 Å². The molecule has 0 radical (unpaired) electrons. The van der Waals surface area contributed by atoms with Crippen LogP contribution in [0.15, 0.2) is 30.7 Å². The largest absolute Gasteiger partial charge is 0.392 e. The minimum Gasteiger partial charge on any atom is -0.392 e. The molecule has 4 rings (SSSR count). The molecule has 1 unspecified atom stereocenters. The van der Waals surface area contributed by atoms with E-state index in [4.69, 9.17) is 5.10 Å². The molecule has 3 aromatic rings. The zero-order chi connectivity index (χ0) is 22.3. The fraction of sp³-hybridized carbons (Fsp3) is 0.409. The molecule has 0 fully saturated rings. The molecule has 0 bridgehead atoms. The second-order valence-corrected chi connectivity index (χ2v) is 8.66. The number of rotatable bonds is 6. The van der Waals surface area contributed by atoms with Gasteiger partial charge in [0.25, 0.3) is 0 Å². The van der Waals surface area contributed by atoms with Crippen LogP contribution >= 0.6 is 0 Å². The van der Waals surface area contributed by atoms with Crippen LogP contribution in [0.5, 0.6) is 0 Å². The van der Waals surface area contributed by atoms with Gasteiger partial charge in [-0.3, -0.25) is 9.48 Å². The Morgan fingerprint density at radius 3 is 2.74 bits per heavy atom. The summed E-state index contributed by atoms with van der Waals surface area (Å²) in [6.07, 6.45) is 4.85. The molecule has 9 heteroatoms. The van der Waals surface area contributed by atoms with Crippen LogP contribution in [0.4, 0.5) is 11.8 Å². The molecule has 3 N–H and O–H groups in total. The molecule has 4 heterocycles. The first-order chi connectivity index (χ1) is 14.7.